The highest BCUT2D eigenvalue weighted by atomic mass is 35.5. The fraction of sp³-hybridized carbons (Fsp3) is 0.0909. The summed E-state index contributed by atoms with van der Waals surface area (Å²) in [6.45, 7) is 1.86. The number of nitriles is 1. The smallest absolute Gasteiger partial charge is 0.308 e. The molecule has 4 nitrogen and oxygen atoms in total. The molecule has 0 radical (unpaired) electrons. The molecule has 3 rings (SSSR count). The lowest BCUT2D eigenvalue weighted by atomic mass is 9.91. The number of anilines is 2. The number of urea groups is 1. The molecular weight excluding hydrogens is 393 g/mol. The van der Waals surface area contributed by atoms with Crippen molar-refractivity contribution >= 4 is 40.6 Å². The molecule has 6 heteroatoms. The van der Waals surface area contributed by atoms with E-state index in [4.69, 9.17) is 23.2 Å². The van der Waals surface area contributed by atoms with Crippen molar-refractivity contribution in [3.05, 3.63) is 93.5 Å². The molecular formula is C22H17Cl2N3O. The third-order valence-corrected chi connectivity index (χ3v) is 4.85. The lowest BCUT2D eigenvalue weighted by Gasteiger charge is -2.16. The summed E-state index contributed by atoms with van der Waals surface area (Å²) in [5.41, 5.74) is 3.55. The van der Waals surface area contributed by atoms with Crippen LogP contribution in [-0.4, -0.2) is 6.03 Å². The van der Waals surface area contributed by atoms with Gasteiger partial charge in [-0.05, 0) is 53.9 Å². The number of carbonyl (C=O) groups is 1. The number of nitrogens with one attached hydrogen (secondary N) is 2. The second-order valence-corrected chi connectivity index (χ2v) is 7.09. The van der Waals surface area contributed by atoms with Gasteiger partial charge in [0.05, 0.1) is 12.0 Å². The highest BCUT2D eigenvalue weighted by Gasteiger charge is 2.19. The van der Waals surface area contributed by atoms with Crippen molar-refractivity contribution in [1.29, 1.82) is 5.26 Å². The van der Waals surface area contributed by atoms with Crippen molar-refractivity contribution in [2.45, 2.75) is 12.8 Å². The topological polar surface area (TPSA) is 64.9 Å². The predicted octanol–water partition coefficient (Wildman–Crippen LogP) is 6.60. The number of hydrogen-bond acceptors (Lipinski definition) is 2. The van der Waals surface area contributed by atoms with Gasteiger partial charge in [0.15, 0.2) is 0 Å². The molecule has 28 heavy (non-hydrogen) atoms. The number of halogens is 2. The fourth-order valence-corrected chi connectivity index (χ4v) is 3.24. The van der Waals surface area contributed by atoms with E-state index in [1.807, 2.05) is 31.2 Å². The third-order valence-electron chi connectivity index (χ3n) is 4.27. The first-order chi connectivity index (χ1) is 13.5. The lowest BCUT2D eigenvalue weighted by molar-refractivity contribution is 0.262. The van der Waals surface area contributed by atoms with Crippen molar-refractivity contribution in [2.24, 2.45) is 0 Å². The number of rotatable bonds is 4. The molecule has 0 aliphatic heterocycles. The maximum atomic E-state index is 12.2. The Morgan fingerprint density at radius 2 is 1.68 bits per heavy atom. The Balaban J connectivity index is 1.83. The molecule has 0 fully saturated rings. The van der Waals surface area contributed by atoms with Crippen LogP contribution < -0.4 is 10.6 Å². The van der Waals surface area contributed by atoms with Crippen LogP contribution in [0.5, 0.6) is 0 Å². The van der Waals surface area contributed by atoms with Crippen molar-refractivity contribution in [2.75, 3.05) is 10.6 Å². The van der Waals surface area contributed by atoms with Crippen LogP contribution in [0.25, 0.3) is 0 Å². The molecule has 1 atom stereocenters. The minimum absolute atomic E-state index is 0.368. The zero-order chi connectivity index (χ0) is 20.1. The maximum Gasteiger partial charge on any atom is 0.323 e. The number of benzene rings is 3. The molecule has 0 aliphatic rings. The van der Waals surface area contributed by atoms with Gasteiger partial charge in [-0.25, -0.2) is 4.79 Å². The summed E-state index contributed by atoms with van der Waals surface area (Å²) in [7, 11) is 0. The molecule has 0 spiro atoms. The van der Waals surface area contributed by atoms with Gasteiger partial charge in [0.25, 0.3) is 0 Å². The van der Waals surface area contributed by atoms with E-state index in [0.29, 0.717) is 27.0 Å². The van der Waals surface area contributed by atoms with Gasteiger partial charge in [-0.2, -0.15) is 5.26 Å². The van der Waals surface area contributed by atoms with E-state index < -0.39 is 5.92 Å². The molecule has 2 amide bonds. The Kier molecular flexibility index (Phi) is 6.20. The van der Waals surface area contributed by atoms with Crippen LogP contribution in [0, 0.1) is 18.3 Å². The van der Waals surface area contributed by atoms with Crippen LogP contribution in [0.4, 0.5) is 16.2 Å². The first-order valence-electron chi connectivity index (χ1n) is 8.56. The van der Waals surface area contributed by atoms with Crippen LogP contribution in [0.2, 0.25) is 10.0 Å². The lowest BCUT2D eigenvalue weighted by Crippen LogP contribution is -2.20. The Morgan fingerprint density at radius 1 is 1.00 bits per heavy atom. The zero-order valence-corrected chi connectivity index (χ0v) is 16.6. The molecule has 3 aromatic carbocycles. The Labute approximate surface area is 173 Å². The van der Waals surface area contributed by atoms with Gasteiger partial charge in [-0.15, -0.1) is 0 Å². The molecule has 0 aliphatic carbocycles. The second-order valence-electron chi connectivity index (χ2n) is 6.25. The monoisotopic (exact) mass is 409 g/mol. The largest absolute Gasteiger partial charge is 0.323 e. The molecule has 0 bridgehead atoms. The summed E-state index contributed by atoms with van der Waals surface area (Å²) >= 11 is 12.4. The summed E-state index contributed by atoms with van der Waals surface area (Å²) in [6.07, 6.45) is 0. The molecule has 0 heterocycles. The first kappa shape index (κ1) is 19.8. The van der Waals surface area contributed by atoms with Crippen molar-refractivity contribution in [1.82, 2.24) is 0 Å². The van der Waals surface area contributed by atoms with Gasteiger partial charge in [0, 0.05) is 21.4 Å². The number of aryl methyl sites for hydroxylation is 1. The van der Waals surface area contributed by atoms with E-state index in [1.54, 1.807) is 42.5 Å². The maximum absolute atomic E-state index is 12.2. The summed E-state index contributed by atoms with van der Waals surface area (Å²) in [5, 5.41) is 16.2. The standard InChI is InChI=1S/C22H17Cl2N3O/c1-14-11-18(19(13-25)15-7-9-16(23)10-8-15)20(24)12-21(14)27-22(28)26-17-5-3-2-4-6-17/h2-12,19H,1H3,(H2,26,27,28)/t19-/m0/s1. The van der Waals surface area contributed by atoms with E-state index in [1.165, 1.54) is 0 Å². The molecule has 0 saturated carbocycles. The SMILES string of the molecule is Cc1cc([C@@H](C#N)c2ccc(Cl)cc2)c(Cl)cc1NC(=O)Nc1ccccc1. The minimum Gasteiger partial charge on any atom is -0.308 e. The highest BCUT2D eigenvalue weighted by molar-refractivity contribution is 6.32. The molecule has 0 unspecified atom stereocenters. The summed E-state index contributed by atoms with van der Waals surface area (Å²) in [5.74, 6) is -0.532. The number of para-hydroxylation sites is 1. The Morgan fingerprint density at radius 3 is 2.32 bits per heavy atom. The van der Waals surface area contributed by atoms with Gasteiger partial charge in [-0.1, -0.05) is 59.6 Å². The van der Waals surface area contributed by atoms with E-state index in [2.05, 4.69) is 16.7 Å². The third kappa shape index (κ3) is 4.64. The first-order valence-corrected chi connectivity index (χ1v) is 9.31. The van der Waals surface area contributed by atoms with E-state index in [9.17, 15) is 10.1 Å². The predicted molar refractivity (Wildman–Crippen MR) is 114 cm³/mol. The number of hydrogen-bond donors (Lipinski definition) is 2. The quantitative estimate of drug-likeness (QED) is 0.509. The van der Waals surface area contributed by atoms with Gasteiger partial charge in [-0.3, -0.25) is 0 Å². The minimum atomic E-state index is -0.532. The number of nitrogens with zero attached hydrogens (tertiary/aromatic N) is 1. The number of carbonyl (C=O) groups excluding carboxylic acids is 1. The molecule has 140 valence electrons. The summed E-state index contributed by atoms with van der Waals surface area (Å²) in [4.78, 5) is 12.2. The van der Waals surface area contributed by atoms with Crippen LogP contribution in [-0.2, 0) is 0 Å². The zero-order valence-electron chi connectivity index (χ0n) is 15.0. The van der Waals surface area contributed by atoms with Gasteiger partial charge < -0.3 is 10.6 Å². The molecule has 0 aromatic heterocycles. The van der Waals surface area contributed by atoms with Crippen molar-refractivity contribution < 1.29 is 4.79 Å². The second kappa shape index (κ2) is 8.79. The molecule has 0 saturated heterocycles. The average Bonchev–Trinajstić information content (AvgIpc) is 2.68. The number of amides is 2. The van der Waals surface area contributed by atoms with Crippen LogP contribution >= 0.6 is 23.2 Å². The highest BCUT2D eigenvalue weighted by Crippen LogP contribution is 2.34. The van der Waals surface area contributed by atoms with Crippen molar-refractivity contribution in [3.8, 4) is 6.07 Å². The fourth-order valence-electron chi connectivity index (χ4n) is 2.84. The van der Waals surface area contributed by atoms with Crippen LogP contribution in [0.15, 0.2) is 66.7 Å². The Hall–Kier alpha value is -3.00. The van der Waals surface area contributed by atoms with E-state index in [-0.39, 0.29) is 6.03 Å². The van der Waals surface area contributed by atoms with E-state index >= 15 is 0 Å². The summed E-state index contributed by atoms with van der Waals surface area (Å²) < 4.78 is 0. The van der Waals surface area contributed by atoms with E-state index in [0.717, 1.165) is 11.1 Å². The van der Waals surface area contributed by atoms with Crippen molar-refractivity contribution in [3.63, 3.8) is 0 Å². The van der Waals surface area contributed by atoms with Crippen LogP contribution in [0.1, 0.15) is 22.6 Å². The van der Waals surface area contributed by atoms with Gasteiger partial charge >= 0.3 is 6.03 Å². The normalized spacial score (nSPS) is 11.4. The van der Waals surface area contributed by atoms with Crippen LogP contribution in [0.3, 0.4) is 0 Å². The van der Waals surface area contributed by atoms with Gasteiger partial charge in [0.1, 0.15) is 0 Å². The molecule has 3 aromatic rings. The molecule has 2 N–H and O–H groups in total. The average molecular weight is 410 g/mol. The Bertz CT molecular complexity index is 1030. The van der Waals surface area contributed by atoms with Gasteiger partial charge in [0.2, 0.25) is 0 Å². The summed E-state index contributed by atoms with van der Waals surface area (Å²) in [6, 6.07) is 21.6.